The van der Waals surface area contributed by atoms with E-state index in [0.717, 1.165) is 5.75 Å². The number of nitrogens with two attached hydrogens (primary N) is 1. The van der Waals surface area contributed by atoms with E-state index in [-0.39, 0.29) is 35.4 Å². The number of carbonyl (C=O) groups is 1. The van der Waals surface area contributed by atoms with Gasteiger partial charge in [0.2, 0.25) is 0 Å². The first-order valence-electron chi connectivity index (χ1n) is 11.6. The molecule has 9 heteroatoms. The fourth-order valence-corrected chi connectivity index (χ4v) is 4.82. The Morgan fingerprint density at radius 1 is 1.20 bits per heavy atom. The van der Waals surface area contributed by atoms with E-state index < -0.39 is 0 Å². The second-order valence-corrected chi connectivity index (χ2v) is 8.72. The van der Waals surface area contributed by atoms with Crippen LogP contribution in [0.5, 0.6) is 5.75 Å². The Balaban J connectivity index is 1.51. The second kappa shape index (κ2) is 9.14. The van der Waals surface area contributed by atoms with E-state index in [1.165, 1.54) is 6.33 Å². The number of hydrogen-bond acceptors (Lipinski definition) is 6. The van der Waals surface area contributed by atoms with Crippen LogP contribution in [0, 0.1) is 17.8 Å². The summed E-state index contributed by atoms with van der Waals surface area (Å²) in [5, 5.41) is 0. The number of allylic oxidation sites excluding steroid dienone is 3. The number of ether oxygens (including phenoxy) is 1. The normalized spacial score (nSPS) is 21.5. The van der Waals surface area contributed by atoms with Gasteiger partial charge in [0.25, 0.3) is 5.91 Å². The molecule has 2 aliphatic rings. The van der Waals surface area contributed by atoms with Gasteiger partial charge in [0.05, 0.1) is 12.1 Å². The summed E-state index contributed by atoms with van der Waals surface area (Å²) < 4.78 is 9.29. The summed E-state index contributed by atoms with van der Waals surface area (Å²) >= 11 is 0. The first-order valence-corrected chi connectivity index (χ1v) is 11.6. The number of anilines is 1. The molecule has 3 heterocycles. The second-order valence-electron chi connectivity index (χ2n) is 8.72. The van der Waals surface area contributed by atoms with Crippen molar-refractivity contribution >= 4 is 22.9 Å². The van der Waals surface area contributed by atoms with Crippen LogP contribution in [0.2, 0.25) is 0 Å². The van der Waals surface area contributed by atoms with E-state index in [0.29, 0.717) is 36.4 Å². The maximum Gasteiger partial charge on any atom is 0.331 e. The molecule has 9 nitrogen and oxygen atoms in total. The number of imidazole rings is 1. The molecule has 178 valence electrons. The van der Waals surface area contributed by atoms with Gasteiger partial charge in [0.15, 0.2) is 11.5 Å². The van der Waals surface area contributed by atoms with Crippen LogP contribution in [-0.4, -0.2) is 43.0 Å². The molecule has 3 atom stereocenters. The van der Waals surface area contributed by atoms with Crippen molar-refractivity contribution < 1.29 is 9.53 Å². The van der Waals surface area contributed by atoms with Gasteiger partial charge in [0, 0.05) is 19.0 Å². The zero-order valence-electron chi connectivity index (χ0n) is 19.6. The fourth-order valence-electron chi connectivity index (χ4n) is 4.82. The predicted octanol–water partition coefficient (Wildman–Crippen LogP) is 2.68. The summed E-state index contributed by atoms with van der Waals surface area (Å²) in [4.78, 5) is 36.3. The average molecular weight is 471 g/mol. The van der Waals surface area contributed by atoms with Crippen LogP contribution in [0.3, 0.4) is 0 Å². The van der Waals surface area contributed by atoms with Crippen LogP contribution in [0.15, 0.2) is 65.4 Å². The molecule has 1 aromatic carbocycles. The Morgan fingerprint density at radius 3 is 2.74 bits per heavy atom. The molecule has 0 spiro atoms. The van der Waals surface area contributed by atoms with Gasteiger partial charge < -0.3 is 15.4 Å². The highest BCUT2D eigenvalue weighted by Crippen LogP contribution is 2.33. The van der Waals surface area contributed by atoms with Crippen molar-refractivity contribution in [2.24, 2.45) is 5.92 Å². The number of nitrogen functional groups attached to an aromatic ring is 1. The van der Waals surface area contributed by atoms with E-state index in [4.69, 9.17) is 10.5 Å². The van der Waals surface area contributed by atoms with Crippen molar-refractivity contribution in [2.45, 2.75) is 32.4 Å². The average Bonchev–Trinajstić information content (AvgIpc) is 3.43. The molecule has 1 amide bonds. The SMILES string of the molecule is CC#CC(=O)N1CC[C@@H](n2c(=O)n(C3C=CC(Oc4ccccc4)=CC3C)c3c(N)ncnc32)C1. The van der Waals surface area contributed by atoms with Gasteiger partial charge in [-0.3, -0.25) is 13.9 Å². The highest BCUT2D eigenvalue weighted by atomic mass is 16.5. The van der Waals surface area contributed by atoms with Gasteiger partial charge in [-0.2, -0.15) is 0 Å². The summed E-state index contributed by atoms with van der Waals surface area (Å²) in [5.74, 6) is 6.62. The minimum Gasteiger partial charge on any atom is -0.458 e. The topological polar surface area (TPSA) is 108 Å². The minimum absolute atomic E-state index is 0.0587. The fraction of sp³-hybridized carbons (Fsp3) is 0.308. The molecule has 2 N–H and O–H groups in total. The number of amides is 1. The van der Waals surface area contributed by atoms with Crippen LogP contribution in [0.1, 0.15) is 32.4 Å². The molecule has 1 fully saturated rings. The van der Waals surface area contributed by atoms with Gasteiger partial charge in [-0.1, -0.05) is 37.1 Å². The van der Waals surface area contributed by atoms with Crippen molar-refractivity contribution in [2.75, 3.05) is 18.8 Å². The molecule has 0 radical (unpaired) electrons. The smallest absolute Gasteiger partial charge is 0.331 e. The molecule has 5 rings (SSSR count). The van der Waals surface area contributed by atoms with Crippen LogP contribution in [-0.2, 0) is 4.79 Å². The third kappa shape index (κ3) is 4.08. The van der Waals surface area contributed by atoms with Gasteiger partial charge in [-0.25, -0.2) is 14.8 Å². The summed E-state index contributed by atoms with van der Waals surface area (Å²) in [7, 11) is 0. The van der Waals surface area contributed by atoms with E-state index in [2.05, 4.69) is 21.8 Å². The molecular formula is C26H26N6O3. The van der Waals surface area contributed by atoms with Crippen molar-refractivity contribution in [3.05, 3.63) is 71.1 Å². The summed E-state index contributed by atoms with van der Waals surface area (Å²) in [5.41, 5.74) is 7.01. The lowest BCUT2D eigenvalue weighted by Crippen LogP contribution is -2.34. The van der Waals surface area contributed by atoms with Crippen molar-refractivity contribution in [1.82, 2.24) is 24.0 Å². The maximum atomic E-state index is 13.8. The number of fused-ring (bicyclic) bond motifs is 1. The number of hydrogen-bond donors (Lipinski definition) is 1. The Hall–Kier alpha value is -4.32. The Morgan fingerprint density at radius 2 is 2.00 bits per heavy atom. The number of nitrogens with zero attached hydrogens (tertiary/aromatic N) is 5. The molecule has 1 aliphatic heterocycles. The molecule has 0 saturated carbocycles. The number of para-hydroxylation sites is 1. The maximum absolute atomic E-state index is 13.8. The van der Waals surface area contributed by atoms with Gasteiger partial charge in [-0.05, 0) is 43.5 Å². The summed E-state index contributed by atoms with van der Waals surface area (Å²) in [6.07, 6.45) is 7.80. The van der Waals surface area contributed by atoms with Crippen molar-refractivity contribution in [3.8, 4) is 17.6 Å². The number of benzene rings is 1. The van der Waals surface area contributed by atoms with Crippen LogP contribution < -0.4 is 16.2 Å². The van der Waals surface area contributed by atoms with Crippen LogP contribution in [0.4, 0.5) is 5.82 Å². The van der Waals surface area contributed by atoms with E-state index in [9.17, 15) is 9.59 Å². The monoisotopic (exact) mass is 470 g/mol. The molecule has 35 heavy (non-hydrogen) atoms. The lowest BCUT2D eigenvalue weighted by molar-refractivity contribution is -0.124. The van der Waals surface area contributed by atoms with E-state index in [1.807, 2.05) is 55.5 Å². The Bertz CT molecular complexity index is 1460. The standard InChI is InChI=1S/C26H26N6O3/c1-3-7-22(33)30-13-12-18(15-30)31-25-23(24(27)28-16-29-25)32(26(31)34)21-11-10-20(14-17(21)2)35-19-8-5-4-6-9-19/h4-6,8-11,14,16-18,21H,12-13,15H2,1-2H3,(H2,27,28,29)/t17?,18-,21?/m1/s1. The molecule has 1 aliphatic carbocycles. The zero-order valence-corrected chi connectivity index (χ0v) is 19.6. The zero-order chi connectivity index (χ0) is 24.5. The summed E-state index contributed by atoms with van der Waals surface area (Å²) in [6.45, 7) is 4.58. The number of likely N-dealkylation sites (tertiary alicyclic amines) is 1. The van der Waals surface area contributed by atoms with Gasteiger partial charge >= 0.3 is 5.69 Å². The lowest BCUT2D eigenvalue weighted by Gasteiger charge is -2.24. The molecule has 0 bridgehead atoms. The molecule has 3 aromatic rings. The van der Waals surface area contributed by atoms with Crippen LogP contribution in [0.25, 0.3) is 11.2 Å². The summed E-state index contributed by atoms with van der Waals surface area (Å²) in [6, 6.07) is 9.03. The largest absolute Gasteiger partial charge is 0.458 e. The molecule has 1 saturated heterocycles. The van der Waals surface area contributed by atoms with Crippen LogP contribution >= 0.6 is 0 Å². The predicted molar refractivity (Wildman–Crippen MR) is 132 cm³/mol. The Kier molecular flexibility index (Phi) is 5.87. The third-order valence-corrected chi connectivity index (χ3v) is 6.46. The highest BCUT2D eigenvalue weighted by Gasteiger charge is 2.33. The Labute approximate surface area is 202 Å². The number of rotatable bonds is 4. The van der Waals surface area contributed by atoms with Gasteiger partial charge in [-0.15, -0.1) is 0 Å². The third-order valence-electron chi connectivity index (χ3n) is 6.46. The van der Waals surface area contributed by atoms with Crippen molar-refractivity contribution in [3.63, 3.8) is 0 Å². The lowest BCUT2D eigenvalue weighted by atomic mass is 9.96. The van der Waals surface area contributed by atoms with E-state index in [1.54, 1.807) is 21.0 Å². The first-order chi connectivity index (χ1) is 17.0. The number of aromatic nitrogens is 4. The van der Waals surface area contributed by atoms with E-state index >= 15 is 0 Å². The molecule has 2 unspecified atom stereocenters. The molecular weight excluding hydrogens is 444 g/mol. The quantitative estimate of drug-likeness (QED) is 0.588. The molecule has 2 aromatic heterocycles. The number of carbonyl (C=O) groups excluding carboxylic acids is 1. The van der Waals surface area contributed by atoms with Crippen molar-refractivity contribution in [1.29, 1.82) is 0 Å². The minimum atomic E-state index is -0.298. The van der Waals surface area contributed by atoms with Gasteiger partial charge in [0.1, 0.15) is 23.4 Å². The highest BCUT2D eigenvalue weighted by molar-refractivity contribution is 5.93. The first kappa shape index (κ1) is 22.5.